The fraction of sp³-hybridized carbons (Fsp3) is 0.920. The van der Waals surface area contributed by atoms with E-state index in [4.69, 9.17) is 14.2 Å². The van der Waals surface area contributed by atoms with Gasteiger partial charge in [-0.1, -0.05) is 6.92 Å². The van der Waals surface area contributed by atoms with Gasteiger partial charge in [-0.2, -0.15) is 0 Å². The van der Waals surface area contributed by atoms with Crippen LogP contribution in [-0.2, 0) is 23.8 Å². The molecule has 0 aromatic heterocycles. The first kappa shape index (κ1) is 20.2. The van der Waals surface area contributed by atoms with Gasteiger partial charge in [0.2, 0.25) is 0 Å². The number of fused-ring (bicyclic) bond motifs is 2. The number of nitrogens with zero attached hydrogens (tertiary/aromatic N) is 1. The standard InChI is InChI=1S/C25H35NO6/c1-13(27)31-18-6-7-21(3)11-26(4)19-15-9-17(21)25(18,19)16-5-8-22(32-14(2)28)10-23(15,16)20(29)24(22)12-30-24/h15-20,29H,5-12H2,1-4H3/t15?,16-,17-,18+,19?,20+,21+,22-,23+,24-,25-/m1/s1. The fourth-order valence-corrected chi connectivity index (χ4v) is 11.4. The van der Waals surface area contributed by atoms with Gasteiger partial charge < -0.3 is 24.2 Å². The van der Waals surface area contributed by atoms with Crippen LogP contribution in [0.4, 0.5) is 0 Å². The molecule has 0 radical (unpaired) electrons. The van der Waals surface area contributed by atoms with Crippen molar-refractivity contribution >= 4 is 11.9 Å². The minimum atomic E-state index is -0.754. The van der Waals surface area contributed by atoms with E-state index >= 15 is 0 Å². The molecule has 7 heteroatoms. The second-order valence-electron chi connectivity index (χ2n) is 12.6. The predicted octanol–water partition coefficient (Wildman–Crippen LogP) is 1.90. The van der Waals surface area contributed by atoms with Gasteiger partial charge in [-0.15, -0.1) is 0 Å². The fourth-order valence-electron chi connectivity index (χ4n) is 11.4. The molecule has 7 fully saturated rings. The number of rotatable bonds is 2. The quantitative estimate of drug-likeness (QED) is 0.513. The van der Waals surface area contributed by atoms with Crippen molar-refractivity contribution < 1.29 is 28.9 Å². The van der Waals surface area contributed by atoms with Gasteiger partial charge in [0.15, 0.2) is 5.60 Å². The van der Waals surface area contributed by atoms with Gasteiger partial charge in [-0.25, -0.2) is 0 Å². The highest BCUT2D eigenvalue weighted by molar-refractivity contribution is 5.67. The maximum Gasteiger partial charge on any atom is 0.303 e. The molecule has 176 valence electrons. The van der Waals surface area contributed by atoms with Crippen molar-refractivity contribution in [2.24, 2.45) is 34.0 Å². The largest absolute Gasteiger partial charge is 0.462 e. The molecule has 0 amide bonds. The molecule has 1 N–H and O–H groups in total. The van der Waals surface area contributed by atoms with E-state index in [2.05, 4.69) is 18.9 Å². The summed E-state index contributed by atoms with van der Waals surface area (Å²) in [5.41, 5.74) is -1.76. The van der Waals surface area contributed by atoms with Crippen LogP contribution in [0.1, 0.15) is 59.3 Å². The SMILES string of the molecule is CC(=O)O[C@H]1CC[C@@]2(C)CN(C)C3C4C[C@H]2[C@@]31[C@@H]1CC[C@@]2(OC(C)=O)C[C@]41[C@H](O)[C@]21CO1. The van der Waals surface area contributed by atoms with Crippen molar-refractivity contribution in [3.05, 3.63) is 0 Å². The Morgan fingerprint density at radius 1 is 1.12 bits per heavy atom. The molecule has 2 saturated heterocycles. The van der Waals surface area contributed by atoms with Crippen LogP contribution in [0.25, 0.3) is 0 Å². The zero-order valence-electron chi connectivity index (χ0n) is 19.6. The number of esters is 2. The Morgan fingerprint density at radius 2 is 1.88 bits per heavy atom. The average molecular weight is 446 g/mol. The molecule has 7 rings (SSSR count). The van der Waals surface area contributed by atoms with E-state index in [1.807, 2.05) is 0 Å². The molecule has 3 spiro atoms. The molecule has 2 aliphatic heterocycles. The van der Waals surface area contributed by atoms with Crippen molar-refractivity contribution in [1.29, 1.82) is 0 Å². The second kappa shape index (κ2) is 5.55. The Balaban J connectivity index is 1.42. The number of hydrogen-bond donors (Lipinski definition) is 1. The molecule has 5 aliphatic carbocycles. The maximum atomic E-state index is 12.2. The molecular formula is C25H35NO6. The van der Waals surface area contributed by atoms with Crippen LogP contribution in [-0.4, -0.2) is 71.6 Å². The van der Waals surface area contributed by atoms with Crippen molar-refractivity contribution in [2.75, 3.05) is 20.2 Å². The number of piperidine rings is 1. The zero-order valence-corrected chi connectivity index (χ0v) is 19.6. The van der Waals surface area contributed by atoms with Gasteiger partial charge in [-0.3, -0.25) is 9.59 Å². The highest BCUT2D eigenvalue weighted by Crippen LogP contribution is 2.85. The lowest BCUT2D eigenvalue weighted by Crippen LogP contribution is -2.68. The Kier molecular flexibility index (Phi) is 3.50. The molecule has 5 saturated carbocycles. The summed E-state index contributed by atoms with van der Waals surface area (Å²) in [6.07, 6.45) is 4.58. The molecule has 32 heavy (non-hydrogen) atoms. The summed E-state index contributed by atoms with van der Waals surface area (Å²) in [7, 11) is 2.24. The molecule has 7 aliphatic rings. The third-order valence-electron chi connectivity index (χ3n) is 11.6. The van der Waals surface area contributed by atoms with Crippen LogP contribution in [0.5, 0.6) is 0 Å². The maximum absolute atomic E-state index is 12.2. The first-order chi connectivity index (χ1) is 15.1. The minimum absolute atomic E-state index is 0.106. The van der Waals surface area contributed by atoms with Crippen LogP contribution >= 0.6 is 0 Å². The van der Waals surface area contributed by atoms with Crippen LogP contribution in [0, 0.1) is 34.0 Å². The van der Waals surface area contributed by atoms with E-state index in [9.17, 15) is 14.7 Å². The van der Waals surface area contributed by atoms with Crippen molar-refractivity contribution in [3.63, 3.8) is 0 Å². The first-order valence-electron chi connectivity index (χ1n) is 12.5. The van der Waals surface area contributed by atoms with E-state index in [-0.39, 0.29) is 46.2 Å². The third kappa shape index (κ3) is 1.82. The van der Waals surface area contributed by atoms with Crippen molar-refractivity contribution in [1.82, 2.24) is 4.90 Å². The monoisotopic (exact) mass is 445 g/mol. The number of hydrogen-bond acceptors (Lipinski definition) is 7. The number of epoxide rings is 1. The molecular weight excluding hydrogens is 410 g/mol. The van der Waals surface area contributed by atoms with Crippen molar-refractivity contribution in [2.45, 2.75) is 88.7 Å². The summed E-state index contributed by atoms with van der Waals surface area (Å²) in [6, 6.07) is 0.284. The summed E-state index contributed by atoms with van der Waals surface area (Å²) in [6.45, 7) is 6.96. The lowest BCUT2D eigenvalue weighted by molar-refractivity contribution is -0.226. The van der Waals surface area contributed by atoms with Gasteiger partial charge in [0.1, 0.15) is 11.7 Å². The molecule has 7 nitrogen and oxygen atoms in total. The Morgan fingerprint density at radius 3 is 2.53 bits per heavy atom. The van der Waals surface area contributed by atoms with Gasteiger partial charge in [0, 0.05) is 37.3 Å². The second-order valence-corrected chi connectivity index (χ2v) is 12.6. The molecule has 7 bridgehead atoms. The number of carbonyl (C=O) groups is 2. The summed E-state index contributed by atoms with van der Waals surface area (Å²) in [5.74, 6) is 0.562. The van der Waals surface area contributed by atoms with E-state index in [0.29, 0.717) is 24.9 Å². The van der Waals surface area contributed by atoms with E-state index in [1.165, 1.54) is 13.8 Å². The topological polar surface area (TPSA) is 88.6 Å². The minimum Gasteiger partial charge on any atom is -0.462 e. The van der Waals surface area contributed by atoms with E-state index in [1.54, 1.807) is 0 Å². The Hall–Kier alpha value is -1.18. The highest BCUT2D eigenvalue weighted by atomic mass is 16.7. The molecule has 2 heterocycles. The van der Waals surface area contributed by atoms with Crippen LogP contribution in [0.2, 0.25) is 0 Å². The van der Waals surface area contributed by atoms with Crippen molar-refractivity contribution in [3.8, 4) is 0 Å². The number of aliphatic hydroxyl groups excluding tert-OH is 1. The molecule has 0 aromatic rings. The van der Waals surface area contributed by atoms with E-state index < -0.39 is 17.3 Å². The summed E-state index contributed by atoms with van der Waals surface area (Å²) < 4.78 is 18.2. The first-order valence-corrected chi connectivity index (χ1v) is 12.5. The number of aliphatic hydroxyl groups is 1. The van der Waals surface area contributed by atoms with Gasteiger partial charge in [0.25, 0.3) is 0 Å². The smallest absolute Gasteiger partial charge is 0.303 e. The number of carbonyl (C=O) groups excluding carboxylic acids is 2. The average Bonchev–Trinajstić information content (AvgIpc) is 3.37. The number of likely N-dealkylation sites (tertiary alicyclic amines) is 1. The Bertz CT molecular complexity index is 933. The van der Waals surface area contributed by atoms with Crippen LogP contribution in [0.15, 0.2) is 0 Å². The normalized spacial score (nSPS) is 60.9. The Labute approximate surface area is 189 Å². The summed E-state index contributed by atoms with van der Waals surface area (Å²) in [4.78, 5) is 26.9. The lowest BCUT2D eigenvalue weighted by Gasteiger charge is -2.65. The summed E-state index contributed by atoms with van der Waals surface area (Å²) >= 11 is 0. The van der Waals surface area contributed by atoms with Crippen LogP contribution < -0.4 is 0 Å². The zero-order chi connectivity index (χ0) is 22.5. The highest BCUT2D eigenvalue weighted by Gasteiger charge is 2.91. The molecule has 11 atom stereocenters. The van der Waals surface area contributed by atoms with Crippen LogP contribution in [0.3, 0.4) is 0 Å². The van der Waals surface area contributed by atoms with Gasteiger partial charge in [0.05, 0.1) is 12.7 Å². The molecule has 2 unspecified atom stereocenters. The lowest BCUT2D eigenvalue weighted by atomic mass is 9.43. The van der Waals surface area contributed by atoms with Gasteiger partial charge in [-0.05, 0) is 68.7 Å². The third-order valence-corrected chi connectivity index (χ3v) is 11.6. The molecule has 0 aromatic carbocycles. The summed E-state index contributed by atoms with van der Waals surface area (Å²) in [5, 5.41) is 12.0. The number of ether oxygens (including phenoxy) is 3. The predicted molar refractivity (Wildman–Crippen MR) is 112 cm³/mol. The van der Waals surface area contributed by atoms with E-state index in [0.717, 1.165) is 38.6 Å². The van der Waals surface area contributed by atoms with Gasteiger partial charge >= 0.3 is 11.9 Å².